The zero-order valence-electron chi connectivity index (χ0n) is 8.84. The average molecular weight is 185 g/mol. The highest BCUT2D eigenvalue weighted by atomic mass is 28.3. The van der Waals surface area contributed by atoms with Crippen LogP contribution in [-0.4, -0.2) is 26.6 Å². The molecule has 0 aromatic heterocycles. The van der Waals surface area contributed by atoms with E-state index in [9.17, 15) is 0 Å². The van der Waals surface area contributed by atoms with Crippen LogP contribution >= 0.6 is 0 Å². The van der Waals surface area contributed by atoms with E-state index in [0.717, 1.165) is 0 Å². The monoisotopic (exact) mass is 185 g/mol. The molecule has 0 spiro atoms. The summed E-state index contributed by atoms with van der Waals surface area (Å²) in [4.78, 5) is 0. The summed E-state index contributed by atoms with van der Waals surface area (Å²) in [6.07, 6.45) is 2.69. The molecular weight excluding hydrogens is 162 g/mol. The van der Waals surface area contributed by atoms with Crippen LogP contribution in [0, 0.1) is 0 Å². The first-order chi connectivity index (χ1) is 5.79. The topological polar surface area (TPSA) is 3.24 Å². The van der Waals surface area contributed by atoms with Crippen molar-refractivity contribution >= 4 is 8.96 Å². The molecule has 1 nitrogen and oxygen atoms in total. The predicted octanol–water partition coefficient (Wildman–Crippen LogP) is 2.58. The summed E-state index contributed by atoms with van der Waals surface area (Å²) in [5.41, 5.74) is 2.22. The second kappa shape index (κ2) is 7.56. The molecule has 0 bridgehead atoms. The molecule has 72 valence electrons. The van der Waals surface area contributed by atoms with Crippen molar-refractivity contribution in [2.24, 2.45) is 0 Å². The normalized spacial score (nSPS) is 13.3. The summed E-state index contributed by atoms with van der Waals surface area (Å²) < 4.78 is 2.60. The van der Waals surface area contributed by atoms with Crippen molar-refractivity contribution in [3.63, 3.8) is 0 Å². The summed E-state index contributed by atoms with van der Waals surface area (Å²) in [5, 5.41) is 0. The van der Waals surface area contributed by atoms with Gasteiger partial charge in [-0.15, -0.1) is 6.58 Å². The van der Waals surface area contributed by atoms with Gasteiger partial charge in [0.05, 0.1) is 0 Å². The Morgan fingerprint density at radius 3 is 2.17 bits per heavy atom. The van der Waals surface area contributed by atoms with E-state index in [1.54, 1.807) is 0 Å². The van der Waals surface area contributed by atoms with Crippen LogP contribution in [0.25, 0.3) is 0 Å². The maximum atomic E-state index is 3.95. The number of hydrogen-bond donors (Lipinski definition) is 0. The van der Waals surface area contributed by atoms with Crippen LogP contribution in [-0.2, 0) is 0 Å². The Morgan fingerprint density at radius 2 is 1.83 bits per heavy atom. The number of unbranched alkanes of at least 4 members (excludes halogenated alkanes) is 1. The van der Waals surface area contributed by atoms with Gasteiger partial charge >= 0.3 is 0 Å². The molecule has 0 amide bonds. The molecule has 0 aliphatic carbocycles. The fourth-order valence-corrected chi connectivity index (χ4v) is 4.22. The molecule has 0 aromatic carbocycles. The van der Waals surface area contributed by atoms with Gasteiger partial charge in [0.25, 0.3) is 0 Å². The van der Waals surface area contributed by atoms with Crippen molar-refractivity contribution in [1.29, 1.82) is 0 Å². The summed E-state index contributed by atoms with van der Waals surface area (Å²) in [6.45, 7) is 13.1. The summed E-state index contributed by atoms with van der Waals surface area (Å²) in [6, 6.07) is 1.40. The molecule has 0 aliphatic rings. The van der Waals surface area contributed by atoms with E-state index in [-0.39, 0.29) is 0 Å². The van der Waals surface area contributed by atoms with Gasteiger partial charge in [-0.2, -0.15) is 0 Å². The fraction of sp³-hybridized carbons (Fsp3) is 0.800. The summed E-state index contributed by atoms with van der Waals surface area (Å²) >= 11 is 0. The Morgan fingerprint density at radius 1 is 1.25 bits per heavy atom. The van der Waals surface area contributed by atoms with Gasteiger partial charge in [-0.1, -0.05) is 39.3 Å². The van der Waals surface area contributed by atoms with Gasteiger partial charge in [-0.25, -0.2) is 0 Å². The molecule has 0 saturated carbocycles. The highest BCUT2D eigenvalue weighted by Gasteiger charge is 2.12. The molecule has 1 atom stereocenters. The van der Waals surface area contributed by atoms with Crippen molar-refractivity contribution in [3.05, 3.63) is 12.3 Å². The quantitative estimate of drug-likeness (QED) is 0.551. The molecule has 0 N–H and O–H groups in total. The minimum Gasteiger partial charge on any atom is -0.323 e. The Hall–Kier alpha value is -0.0831. The van der Waals surface area contributed by atoms with Crippen molar-refractivity contribution in [2.45, 2.75) is 39.7 Å². The fourth-order valence-electron chi connectivity index (χ4n) is 1.56. The van der Waals surface area contributed by atoms with Crippen molar-refractivity contribution in [1.82, 2.24) is 4.57 Å². The molecule has 0 rings (SSSR count). The Labute approximate surface area is 79.2 Å². The van der Waals surface area contributed by atoms with E-state index >= 15 is 0 Å². The Kier molecular flexibility index (Phi) is 7.51. The minimum atomic E-state index is -0.748. The SMILES string of the molecule is C=C[SiH](CCCC)N(CC)CC. The molecule has 0 aromatic rings. The number of nitrogens with zero attached hydrogens (tertiary/aromatic N) is 1. The minimum absolute atomic E-state index is 0.748. The Bertz CT molecular complexity index is 110. The third kappa shape index (κ3) is 4.07. The van der Waals surface area contributed by atoms with Gasteiger partial charge in [0.1, 0.15) is 8.96 Å². The second-order valence-electron chi connectivity index (χ2n) is 3.17. The van der Waals surface area contributed by atoms with E-state index in [1.165, 1.54) is 32.0 Å². The lowest BCUT2D eigenvalue weighted by atomic mass is 10.4. The van der Waals surface area contributed by atoms with Crippen molar-refractivity contribution in [2.75, 3.05) is 13.1 Å². The Balaban J connectivity index is 3.84. The second-order valence-corrected chi connectivity index (χ2v) is 6.08. The summed E-state index contributed by atoms with van der Waals surface area (Å²) in [7, 11) is -0.748. The molecule has 2 heteroatoms. The first kappa shape index (κ1) is 11.9. The van der Waals surface area contributed by atoms with E-state index in [1.807, 2.05) is 0 Å². The maximum absolute atomic E-state index is 3.95. The number of hydrogen-bond acceptors (Lipinski definition) is 1. The first-order valence-electron chi connectivity index (χ1n) is 5.16. The summed E-state index contributed by atoms with van der Waals surface area (Å²) in [5.74, 6) is 0. The lowest BCUT2D eigenvalue weighted by Gasteiger charge is -2.25. The zero-order chi connectivity index (χ0) is 9.40. The van der Waals surface area contributed by atoms with E-state index in [2.05, 4.69) is 37.6 Å². The van der Waals surface area contributed by atoms with Crippen LogP contribution < -0.4 is 0 Å². The number of rotatable bonds is 7. The molecule has 1 unspecified atom stereocenters. The molecule has 0 radical (unpaired) electrons. The van der Waals surface area contributed by atoms with Crippen molar-refractivity contribution in [3.8, 4) is 0 Å². The predicted molar refractivity (Wildman–Crippen MR) is 60.0 cm³/mol. The van der Waals surface area contributed by atoms with Crippen LogP contribution in [0.2, 0.25) is 6.04 Å². The lowest BCUT2D eigenvalue weighted by Crippen LogP contribution is -2.37. The van der Waals surface area contributed by atoms with Gasteiger partial charge in [0.15, 0.2) is 0 Å². The standard InChI is InChI=1S/C10H23NSi/c1-5-9-10-12(8-4)11(6-2)7-3/h8,12H,4-7,9-10H2,1-3H3. The highest BCUT2D eigenvalue weighted by Crippen LogP contribution is 2.06. The molecule has 0 saturated heterocycles. The van der Waals surface area contributed by atoms with Gasteiger partial charge in [-0.05, 0) is 19.1 Å². The van der Waals surface area contributed by atoms with Crippen LogP contribution in [0.4, 0.5) is 0 Å². The maximum Gasteiger partial charge on any atom is 0.135 e. The molecule has 0 fully saturated rings. The third-order valence-electron chi connectivity index (χ3n) is 2.41. The van der Waals surface area contributed by atoms with Crippen LogP contribution in [0.3, 0.4) is 0 Å². The van der Waals surface area contributed by atoms with Gasteiger partial charge < -0.3 is 4.57 Å². The van der Waals surface area contributed by atoms with Crippen LogP contribution in [0.15, 0.2) is 12.3 Å². The molecule has 0 heterocycles. The molecule has 12 heavy (non-hydrogen) atoms. The lowest BCUT2D eigenvalue weighted by molar-refractivity contribution is 0.481. The van der Waals surface area contributed by atoms with Gasteiger partial charge in [-0.3, -0.25) is 0 Å². The highest BCUT2D eigenvalue weighted by molar-refractivity contribution is 6.61. The largest absolute Gasteiger partial charge is 0.323 e. The third-order valence-corrected chi connectivity index (χ3v) is 5.62. The molecular formula is C10H23NSi. The zero-order valence-corrected chi connectivity index (χ0v) is 10.00. The first-order valence-corrected chi connectivity index (χ1v) is 7.16. The van der Waals surface area contributed by atoms with Gasteiger partial charge in [0, 0.05) is 0 Å². The average Bonchev–Trinajstić information content (AvgIpc) is 2.12. The van der Waals surface area contributed by atoms with E-state index in [4.69, 9.17) is 0 Å². The van der Waals surface area contributed by atoms with Crippen LogP contribution in [0.1, 0.15) is 33.6 Å². The smallest absolute Gasteiger partial charge is 0.135 e. The van der Waals surface area contributed by atoms with Gasteiger partial charge in [0.2, 0.25) is 0 Å². The van der Waals surface area contributed by atoms with E-state index in [0.29, 0.717) is 0 Å². The molecule has 0 aliphatic heterocycles. The van der Waals surface area contributed by atoms with E-state index < -0.39 is 8.96 Å². The van der Waals surface area contributed by atoms with Crippen molar-refractivity contribution < 1.29 is 0 Å². The van der Waals surface area contributed by atoms with Crippen LogP contribution in [0.5, 0.6) is 0 Å².